The average Bonchev–Trinajstić information content (AvgIpc) is 2.50. The van der Waals surface area contributed by atoms with E-state index in [0.717, 1.165) is 16.8 Å². The quantitative estimate of drug-likeness (QED) is 0.833. The number of nitrogens with two attached hydrogens (primary N) is 1. The van der Waals surface area contributed by atoms with Crippen molar-refractivity contribution in [1.82, 2.24) is 0 Å². The topological polar surface area (TPSA) is 73.6 Å². The molecule has 2 aromatic carbocycles. The van der Waals surface area contributed by atoms with Gasteiger partial charge in [0.15, 0.2) is 11.5 Å². The van der Waals surface area contributed by atoms with Gasteiger partial charge in [-0.1, -0.05) is 12.1 Å². The molecule has 0 spiro atoms. The van der Waals surface area contributed by atoms with Crippen LogP contribution < -0.4 is 20.5 Å². The summed E-state index contributed by atoms with van der Waals surface area (Å²) in [6.45, 7) is 1.92. The number of methoxy groups -OCH3 is 2. The Labute approximate surface area is 130 Å². The Morgan fingerprint density at radius 1 is 1.09 bits per heavy atom. The Kier molecular flexibility index (Phi) is 4.88. The second-order valence-corrected chi connectivity index (χ2v) is 4.99. The first kappa shape index (κ1) is 15.7. The summed E-state index contributed by atoms with van der Waals surface area (Å²) in [7, 11) is 3.14. The molecule has 0 atom stereocenters. The Morgan fingerprint density at radius 3 is 2.50 bits per heavy atom. The molecule has 0 bridgehead atoms. The first-order valence-electron chi connectivity index (χ1n) is 6.90. The van der Waals surface area contributed by atoms with Crippen molar-refractivity contribution in [3.05, 3.63) is 47.5 Å². The third-order valence-electron chi connectivity index (χ3n) is 3.35. The summed E-state index contributed by atoms with van der Waals surface area (Å²) in [5, 5.41) is 2.87. The molecule has 0 saturated carbocycles. The van der Waals surface area contributed by atoms with Crippen molar-refractivity contribution >= 4 is 17.3 Å². The van der Waals surface area contributed by atoms with Crippen LogP contribution >= 0.6 is 0 Å². The molecule has 116 valence electrons. The number of hydrogen-bond donors (Lipinski definition) is 2. The van der Waals surface area contributed by atoms with Crippen LogP contribution in [0.4, 0.5) is 11.4 Å². The van der Waals surface area contributed by atoms with Crippen LogP contribution in [0.1, 0.15) is 11.1 Å². The first-order valence-corrected chi connectivity index (χ1v) is 6.90. The van der Waals surface area contributed by atoms with Crippen LogP contribution in [0.15, 0.2) is 36.4 Å². The summed E-state index contributed by atoms with van der Waals surface area (Å²) in [6, 6.07) is 10.9. The molecule has 3 N–H and O–H groups in total. The minimum absolute atomic E-state index is 0.110. The molecule has 1 amide bonds. The van der Waals surface area contributed by atoms with Gasteiger partial charge in [-0.25, -0.2) is 0 Å². The van der Waals surface area contributed by atoms with Crippen LogP contribution in [0.3, 0.4) is 0 Å². The molecule has 2 rings (SSSR count). The van der Waals surface area contributed by atoms with E-state index in [1.165, 1.54) is 0 Å². The lowest BCUT2D eigenvalue weighted by molar-refractivity contribution is -0.115. The lowest BCUT2D eigenvalue weighted by Crippen LogP contribution is -2.15. The van der Waals surface area contributed by atoms with Crippen LogP contribution in [0.2, 0.25) is 0 Å². The molecule has 0 aliphatic rings. The van der Waals surface area contributed by atoms with E-state index in [1.807, 2.05) is 19.1 Å². The fraction of sp³-hybridized carbons (Fsp3) is 0.235. The van der Waals surface area contributed by atoms with Crippen LogP contribution in [-0.2, 0) is 11.2 Å². The monoisotopic (exact) mass is 300 g/mol. The molecule has 2 aromatic rings. The summed E-state index contributed by atoms with van der Waals surface area (Å²) in [6.07, 6.45) is 0.245. The number of carbonyl (C=O) groups is 1. The smallest absolute Gasteiger partial charge is 0.228 e. The zero-order valence-electron chi connectivity index (χ0n) is 13.0. The predicted octanol–water partition coefficient (Wildman–Crippen LogP) is 2.78. The van der Waals surface area contributed by atoms with Gasteiger partial charge in [-0.2, -0.15) is 0 Å². The maximum absolute atomic E-state index is 12.2. The van der Waals surface area contributed by atoms with E-state index >= 15 is 0 Å². The van der Waals surface area contributed by atoms with Crippen molar-refractivity contribution in [2.75, 3.05) is 25.3 Å². The summed E-state index contributed by atoms with van der Waals surface area (Å²) in [5.74, 6) is 1.13. The molecule has 0 saturated heterocycles. The van der Waals surface area contributed by atoms with E-state index in [1.54, 1.807) is 38.5 Å². The number of anilines is 2. The molecule has 0 aromatic heterocycles. The van der Waals surface area contributed by atoms with Gasteiger partial charge in [0.1, 0.15) is 0 Å². The maximum atomic E-state index is 12.2. The third-order valence-corrected chi connectivity index (χ3v) is 3.35. The fourth-order valence-corrected chi connectivity index (χ4v) is 2.14. The largest absolute Gasteiger partial charge is 0.493 e. The Bertz CT molecular complexity index is 684. The second kappa shape index (κ2) is 6.85. The lowest BCUT2D eigenvalue weighted by atomic mass is 10.1. The molecule has 5 heteroatoms. The highest BCUT2D eigenvalue weighted by molar-refractivity contribution is 5.93. The zero-order chi connectivity index (χ0) is 16.1. The number of nitrogens with one attached hydrogen (secondary N) is 1. The van der Waals surface area contributed by atoms with Gasteiger partial charge in [-0.05, 0) is 42.3 Å². The second-order valence-electron chi connectivity index (χ2n) is 4.99. The van der Waals surface area contributed by atoms with Crippen LogP contribution in [0.25, 0.3) is 0 Å². The van der Waals surface area contributed by atoms with E-state index in [0.29, 0.717) is 17.2 Å². The standard InChI is InChI=1S/C17H20N2O3/c1-11-4-6-13(18)10-14(11)19-17(20)9-12-5-7-15(21-2)16(8-12)22-3/h4-8,10H,9,18H2,1-3H3,(H,19,20). The van der Waals surface area contributed by atoms with E-state index in [4.69, 9.17) is 15.2 Å². The molecular formula is C17H20N2O3. The number of benzene rings is 2. The van der Waals surface area contributed by atoms with E-state index in [9.17, 15) is 4.79 Å². The molecule has 5 nitrogen and oxygen atoms in total. The number of amides is 1. The minimum Gasteiger partial charge on any atom is -0.493 e. The third kappa shape index (κ3) is 3.69. The number of nitrogen functional groups attached to an aromatic ring is 1. The summed E-state index contributed by atoms with van der Waals surface area (Å²) < 4.78 is 10.4. The van der Waals surface area contributed by atoms with Crippen molar-refractivity contribution in [3.8, 4) is 11.5 Å². The van der Waals surface area contributed by atoms with Crippen molar-refractivity contribution < 1.29 is 14.3 Å². The Balaban J connectivity index is 2.10. The van der Waals surface area contributed by atoms with Crippen molar-refractivity contribution in [1.29, 1.82) is 0 Å². The highest BCUT2D eigenvalue weighted by Gasteiger charge is 2.09. The molecular weight excluding hydrogens is 280 g/mol. The predicted molar refractivity (Wildman–Crippen MR) is 87.5 cm³/mol. The Morgan fingerprint density at radius 2 is 1.82 bits per heavy atom. The molecule has 0 aliphatic carbocycles. The van der Waals surface area contributed by atoms with Gasteiger partial charge >= 0.3 is 0 Å². The first-order chi connectivity index (χ1) is 10.5. The summed E-state index contributed by atoms with van der Waals surface area (Å²) in [5.41, 5.74) is 8.90. The van der Waals surface area contributed by atoms with Gasteiger partial charge in [0, 0.05) is 11.4 Å². The number of rotatable bonds is 5. The number of aryl methyl sites for hydroxylation is 1. The number of hydrogen-bond acceptors (Lipinski definition) is 4. The molecule has 0 unspecified atom stereocenters. The minimum atomic E-state index is -0.110. The fourth-order valence-electron chi connectivity index (χ4n) is 2.14. The van der Waals surface area contributed by atoms with E-state index < -0.39 is 0 Å². The van der Waals surface area contributed by atoms with Crippen LogP contribution in [0.5, 0.6) is 11.5 Å². The molecule has 0 aliphatic heterocycles. The lowest BCUT2D eigenvalue weighted by Gasteiger charge is -2.11. The van der Waals surface area contributed by atoms with Gasteiger partial charge in [0.2, 0.25) is 5.91 Å². The molecule has 22 heavy (non-hydrogen) atoms. The summed E-state index contributed by atoms with van der Waals surface area (Å²) >= 11 is 0. The average molecular weight is 300 g/mol. The van der Waals surface area contributed by atoms with Crippen molar-refractivity contribution in [2.24, 2.45) is 0 Å². The van der Waals surface area contributed by atoms with E-state index in [2.05, 4.69) is 5.32 Å². The van der Waals surface area contributed by atoms with Crippen molar-refractivity contribution in [3.63, 3.8) is 0 Å². The summed E-state index contributed by atoms with van der Waals surface area (Å²) in [4.78, 5) is 12.2. The highest BCUT2D eigenvalue weighted by Crippen LogP contribution is 2.28. The zero-order valence-corrected chi connectivity index (χ0v) is 13.0. The van der Waals surface area contributed by atoms with Gasteiger partial charge in [-0.15, -0.1) is 0 Å². The number of carbonyl (C=O) groups excluding carboxylic acids is 1. The van der Waals surface area contributed by atoms with Crippen molar-refractivity contribution in [2.45, 2.75) is 13.3 Å². The van der Waals surface area contributed by atoms with Gasteiger partial charge in [0.05, 0.1) is 20.6 Å². The SMILES string of the molecule is COc1ccc(CC(=O)Nc2cc(N)ccc2C)cc1OC. The van der Waals surface area contributed by atoms with Gasteiger partial charge < -0.3 is 20.5 Å². The van der Waals surface area contributed by atoms with Crippen LogP contribution in [0, 0.1) is 6.92 Å². The van der Waals surface area contributed by atoms with Gasteiger partial charge in [0.25, 0.3) is 0 Å². The molecule has 0 heterocycles. The van der Waals surface area contributed by atoms with E-state index in [-0.39, 0.29) is 12.3 Å². The molecule has 0 fully saturated rings. The maximum Gasteiger partial charge on any atom is 0.228 e. The normalized spacial score (nSPS) is 10.1. The van der Waals surface area contributed by atoms with Crippen LogP contribution in [-0.4, -0.2) is 20.1 Å². The number of ether oxygens (including phenoxy) is 2. The Hall–Kier alpha value is -2.69. The van der Waals surface area contributed by atoms with Gasteiger partial charge in [-0.3, -0.25) is 4.79 Å². The highest BCUT2D eigenvalue weighted by atomic mass is 16.5. The molecule has 0 radical (unpaired) electrons.